The molecule has 0 N–H and O–H groups in total. The molecule has 20 heavy (non-hydrogen) atoms. The summed E-state index contributed by atoms with van der Waals surface area (Å²) >= 11 is 0. The highest BCUT2D eigenvalue weighted by molar-refractivity contribution is 6.76. The Kier molecular flexibility index (Phi) is 5.58. The topological polar surface area (TPSA) is 18.5 Å². The second-order valence-electron chi connectivity index (χ2n) is 5.62. The monoisotopic (exact) mass is 310 g/mol. The van der Waals surface area contributed by atoms with Crippen LogP contribution in [-0.2, 0) is 10.9 Å². The van der Waals surface area contributed by atoms with Gasteiger partial charge < -0.3 is 9.47 Å². The summed E-state index contributed by atoms with van der Waals surface area (Å²) in [4.78, 5) is 0. The van der Waals surface area contributed by atoms with E-state index in [2.05, 4.69) is 19.6 Å². The summed E-state index contributed by atoms with van der Waals surface area (Å²) in [5, 5.41) is 0. The quantitative estimate of drug-likeness (QED) is 0.332. The minimum Gasteiger partial charge on any atom is -0.467 e. The highest BCUT2D eigenvalue weighted by Crippen LogP contribution is 2.36. The lowest BCUT2D eigenvalue weighted by Gasteiger charge is -2.17. The largest absolute Gasteiger partial charge is 0.467 e. The van der Waals surface area contributed by atoms with Crippen molar-refractivity contribution in [1.29, 1.82) is 0 Å². The van der Waals surface area contributed by atoms with Gasteiger partial charge in [-0.2, -0.15) is 13.2 Å². The SMILES string of the molecule is C[Si](C)(C)CCOCOc1ccc(F)cc1C(F)(F)F. The van der Waals surface area contributed by atoms with Crippen molar-refractivity contribution in [1.82, 2.24) is 0 Å². The maximum absolute atomic E-state index is 12.9. The molecular weight excluding hydrogens is 292 g/mol. The van der Waals surface area contributed by atoms with Crippen LogP contribution < -0.4 is 4.74 Å². The molecule has 1 rings (SSSR count). The van der Waals surface area contributed by atoms with Gasteiger partial charge in [-0.05, 0) is 24.2 Å². The molecule has 0 bridgehead atoms. The predicted molar refractivity (Wildman–Crippen MR) is 71.0 cm³/mol. The molecule has 0 amide bonds. The van der Waals surface area contributed by atoms with Crippen molar-refractivity contribution in [3.8, 4) is 5.75 Å². The number of hydrogen-bond acceptors (Lipinski definition) is 2. The van der Waals surface area contributed by atoms with Crippen molar-refractivity contribution < 1.29 is 27.0 Å². The Morgan fingerprint density at radius 3 is 2.35 bits per heavy atom. The van der Waals surface area contributed by atoms with E-state index in [-0.39, 0.29) is 6.79 Å². The highest BCUT2D eigenvalue weighted by Gasteiger charge is 2.34. The standard InChI is InChI=1S/C13H18F4O2Si/c1-20(2,3)7-6-18-9-19-12-5-4-10(14)8-11(12)13(15,16)17/h4-5,8H,6-7,9H2,1-3H3. The smallest absolute Gasteiger partial charge is 0.420 e. The van der Waals surface area contributed by atoms with Gasteiger partial charge in [0.05, 0.1) is 0 Å². The van der Waals surface area contributed by atoms with E-state index in [0.717, 1.165) is 18.2 Å². The highest BCUT2D eigenvalue weighted by atomic mass is 28.3. The van der Waals surface area contributed by atoms with E-state index in [1.165, 1.54) is 0 Å². The average molecular weight is 310 g/mol. The van der Waals surface area contributed by atoms with E-state index in [4.69, 9.17) is 9.47 Å². The van der Waals surface area contributed by atoms with E-state index in [0.29, 0.717) is 12.7 Å². The lowest BCUT2D eigenvalue weighted by molar-refractivity contribution is -0.140. The molecule has 0 aliphatic carbocycles. The molecule has 0 unspecified atom stereocenters. The van der Waals surface area contributed by atoms with Crippen LogP contribution in [0.1, 0.15) is 5.56 Å². The Bertz CT molecular complexity index is 441. The molecule has 114 valence electrons. The van der Waals surface area contributed by atoms with E-state index in [1.807, 2.05) is 0 Å². The molecular formula is C13H18F4O2Si. The van der Waals surface area contributed by atoms with Gasteiger partial charge in [-0.3, -0.25) is 0 Å². The van der Waals surface area contributed by atoms with Gasteiger partial charge in [0.25, 0.3) is 0 Å². The first-order valence-corrected chi connectivity index (χ1v) is 9.87. The van der Waals surface area contributed by atoms with Gasteiger partial charge in [-0.15, -0.1) is 0 Å². The Morgan fingerprint density at radius 1 is 1.15 bits per heavy atom. The van der Waals surface area contributed by atoms with Gasteiger partial charge in [-0.1, -0.05) is 19.6 Å². The number of benzene rings is 1. The Balaban J connectivity index is 2.56. The molecule has 1 aromatic rings. The third kappa shape index (κ3) is 5.92. The number of ether oxygens (including phenoxy) is 2. The average Bonchev–Trinajstić information content (AvgIpc) is 2.27. The molecule has 0 spiro atoms. The molecule has 0 saturated carbocycles. The molecule has 1 aromatic carbocycles. The normalized spacial score (nSPS) is 12.6. The predicted octanol–water partition coefficient (Wildman–Crippen LogP) is 4.54. The van der Waals surface area contributed by atoms with Gasteiger partial charge in [0.15, 0.2) is 6.79 Å². The summed E-state index contributed by atoms with van der Waals surface area (Å²) in [5.74, 6) is -1.38. The molecule has 2 nitrogen and oxygen atoms in total. The van der Waals surface area contributed by atoms with Gasteiger partial charge in [0.1, 0.15) is 17.1 Å². The summed E-state index contributed by atoms with van der Waals surface area (Å²) in [6, 6.07) is 3.19. The molecule has 0 aliphatic heterocycles. The molecule has 0 heterocycles. The lowest BCUT2D eigenvalue weighted by Crippen LogP contribution is -2.22. The first kappa shape index (κ1) is 17.0. The Hall–Kier alpha value is -1.08. The van der Waals surface area contributed by atoms with E-state index < -0.39 is 31.4 Å². The summed E-state index contributed by atoms with van der Waals surface area (Å²) in [6.45, 7) is 6.66. The zero-order valence-corrected chi connectivity index (χ0v) is 12.7. The summed E-state index contributed by atoms with van der Waals surface area (Å²) in [7, 11) is -1.24. The Morgan fingerprint density at radius 2 is 1.80 bits per heavy atom. The van der Waals surface area contributed by atoms with Crippen molar-refractivity contribution in [2.24, 2.45) is 0 Å². The molecule has 0 radical (unpaired) electrons. The lowest BCUT2D eigenvalue weighted by atomic mass is 10.2. The van der Waals surface area contributed by atoms with Gasteiger partial charge >= 0.3 is 6.18 Å². The first-order chi connectivity index (χ1) is 9.09. The molecule has 0 aromatic heterocycles. The van der Waals surface area contributed by atoms with Crippen molar-refractivity contribution in [3.05, 3.63) is 29.6 Å². The van der Waals surface area contributed by atoms with Gasteiger partial charge in [0, 0.05) is 14.7 Å². The van der Waals surface area contributed by atoms with Crippen LogP contribution in [0.15, 0.2) is 18.2 Å². The summed E-state index contributed by atoms with van der Waals surface area (Å²) in [6.07, 6.45) is -4.66. The molecule has 7 heteroatoms. The molecule has 0 atom stereocenters. The van der Waals surface area contributed by atoms with Crippen molar-refractivity contribution >= 4 is 8.07 Å². The van der Waals surface area contributed by atoms with Gasteiger partial charge in [-0.25, -0.2) is 4.39 Å². The molecule has 0 fully saturated rings. The van der Waals surface area contributed by atoms with Crippen LogP contribution in [-0.4, -0.2) is 21.5 Å². The van der Waals surface area contributed by atoms with Crippen LogP contribution in [0.25, 0.3) is 0 Å². The Labute approximate surface area is 116 Å². The second-order valence-corrected chi connectivity index (χ2v) is 11.2. The maximum atomic E-state index is 12.9. The fraction of sp³-hybridized carbons (Fsp3) is 0.538. The van der Waals surface area contributed by atoms with E-state index >= 15 is 0 Å². The van der Waals surface area contributed by atoms with Gasteiger partial charge in [0.2, 0.25) is 0 Å². The van der Waals surface area contributed by atoms with E-state index in [1.54, 1.807) is 0 Å². The van der Waals surface area contributed by atoms with Crippen LogP contribution in [0.2, 0.25) is 25.7 Å². The van der Waals surface area contributed by atoms with E-state index in [9.17, 15) is 17.6 Å². The third-order valence-corrected chi connectivity index (χ3v) is 4.25. The summed E-state index contributed by atoms with van der Waals surface area (Å²) in [5.41, 5.74) is -1.13. The number of rotatable bonds is 6. The van der Waals surface area contributed by atoms with Crippen molar-refractivity contribution in [2.75, 3.05) is 13.4 Å². The first-order valence-electron chi connectivity index (χ1n) is 6.17. The van der Waals surface area contributed by atoms with Crippen molar-refractivity contribution in [3.63, 3.8) is 0 Å². The van der Waals surface area contributed by atoms with Crippen LogP contribution in [0.4, 0.5) is 17.6 Å². The zero-order valence-electron chi connectivity index (χ0n) is 11.7. The third-order valence-electron chi connectivity index (χ3n) is 2.54. The number of halogens is 4. The minimum absolute atomic E-state index is 0.279. The second kappa shape index (κ2) is 6.58. The fourth-order valence-corrected chi connectivity index (χ4v) is 2.15. The molecule has 0 aliphatic rings. The summed E-state index contributed by atoms with van der Waals surface area (Å²) < 4.78 is 61.0. The minimum atomic E-state index is -4.66. The zero-order chi connectivity index (χ0) is 15.4. The van der Waals surface area contributed by atoms with Crippen LogP contribution in [0.5, 0.6) is 5.75 Å². The number of alkyl halides is 3. The van der Waals surface area contributed by atoms with Crippen LogP contribution >= 0.6 is 0 Å². The maximum Gasteiger partial charge on any atom is 0.420 e. The fourth-order valence-electron chi connectivity index (χ4n) is 1.39. The van der Waals surface area contributed by atoms with Crippen molar-refractivity contribution in [2.45, 2.75) is 31.9 Å². The molecule has 0 saturated heterocycles. The van der Waals surface area contributed by atoms with Crippen LogP contribution in [0, 0.1) is 5.82 Å². The number of hydrogen-bond donors (Lipinski definition) is 0. The van der Waals surface area contributed by atoms with Crippen LogP contribution in [0.3, 0.4) is 0 Å².